The summed E-state index contributed by atoms with van der Waals surface area (Å²) in [5, 5.41) is 0. The Morgan fingerprint density at radius 1 is 1.14 bits per heavy atom. The Balaban J connectivity index is 2.09. The van der Waals surface area contributed by atoms with Crippen molar-refractivity contribution in [1.29, 1.82) is 0 Å². The fourth-order valence-electron chi connectivity index (χ4n) is 3.11. The molecule has 0 radical (unpaired) electrons. The lowest BCUT2D eigenvalue weighted by Crippen LogP contribution is -2.27. The van der Waals surface area contributed by atoms with Gasteiger partial charge in [-0.05, 0) is 36.1 Å². The third-order valence-electron chi connectivity index (χ3n) is 4.20. The van der Waals surface area contributed by atoms with Crippen LogP contribution in [0.25, 0.3) is 5.69 Å². The first kappa shape index (κ1) is 13.9. The summed E-state index contributed by atoms with van der Waals surface area (Å²) in [5.41, 5.74) is 4.36. The van der Waals surface area contributed by atoms with E-state index in [1.807, 2.05) is 26.4 Å². The summed E-state index contributed by atoms with van der Waals surface area (Å²) in [7, 11) is 4.08. The van der Waals surface area contributed by atoms with Crippen molar-refractivity contribution in [2.24, 2.45) is 5.41 Å². The van der Waals surface area contributed by atoms with E-state index in [4.69, 9.17) is 0 Å². The lowest BCUT2D eigenvalue weighted by Gasteiger charge is -2.29. The Kier molecular flexibility index (Phi) is 3.16. The highest BCUT2D eigenvalue weighted by Gasteiger charge is 2.33. The van der Waals surface area contributed by atoms with Gasteiger partial charge in [0.2, 0.25) is 0 Å². The summed E-state index contributed by atoms with van der Waals surface area (Å²) in [6.07, 6.45) is 3.60. The number of fused-ring (bicyclic) bond motifs is 1. The van der Waals surface area contributed by atoms with Gasteiger partial charge < -0.3 is 9.47 Å². The Hall–Kier alpha value is -2.03. The van der Waals surface area contributed by atoms with E-state index in [2.05, 4.69) is 47.6 Å². The highest BCUT2D eigenvalue weighted by molar-refractivity contribution is 5.99. The monoisotopic (exact) mass is 282 g/mol. The first-order chi connectivity index (χ1) is 9.87. The van der Waals surface area contributed by atoms with E-state index in [1.54, 1.807) is 0 Å². The van der Waals surface area contributed by atoms with Gasteiger partial charge in [0.05, 0.1) is 0 Å². The van der Waals surface area contributed by atoms with Crippen molar-refractivity contribution in [3.63, 3.8) is 0 Å². The zero-order valence-corrected chi connectivity index (χ0v) is 13.2. The molecule has 1 aliphatic carbocycles. The third-order valence-corrected chi connectivity index (χ3v) is 4.20. The SMILES string of the molecule is CN(C)c1cccc(-n2ccc3c2CC(C)(C)CC3=O)c1. The van der Waals surface area contributed by atoms with E-state index in [-0.39, 0.29) is 11.2 Å². The molecule has 0 saturated carbocycles. The highest BCUT2D eigenvalue weighted by atomic mass is 16.1. The molecule has 3 nitrogen and oxygen atoms in total. The standard InChI is InChI=1S/C18H22N2O/c1-18(2)11-16-15(17(21)12-18)8-9-20(16)14-7-5-6-13(10-14)19(3)4/h5-10H,11-12H2,1-4H3. The maximum absolute atomic E-state index is 12.3. The molecular formula is C18H22N2O. The molecule has 0 saturated heterocycles. The second kappa shape index (κ2) is 4.76. The highest BCUT2D eigenvalue weighted by Crippen LogP contribution is 2.36. The smallest absolute Gasteiger partial charge is 0.165 e. The summed E-state index contributed by atoms with van der Waals surface area (Å²) in [6.45, 7) is 4.34. The quantitative estimate of drug-likeness (QED) is 0.839. The van der Waals surface area contributed by atoms with Crippen molar-refractivity contribution < 1.29 is 4.79 Å². The van der Waals surface area contributed by atoms with Crippen LogP contribution in [-0.4, -0.2) is 24.4 Å². The number of Topliss-reactive ketones (excluding diaryl/α,β-unsaturated/α-hetero) is 1. The molecule has 1 aromatic carbocycles. The van der Waals surface area contributed by atoms with Crippen molar-refractivity contribution in [3.05, 3.63) is 47.8 Å². The van der Waals surface area contributed by atoms with E-state index < -0.39 is 0 Å². The number of ketones is 1. The molecule has 0 aliphatic heterocycles. The Bertz CT molecular complexity index is 695. The van der Waals surface area contributed by atoms with Crippen LogP contribution in [0.15, 0.2) is 36.5 Å². The topological polar surface area (TPSA) is 25.2 Å². The molecule has 21 heavy (non-hydrogen) atoms. The van der Waals surface area contributed by atoms with Gasteiger partial charge in [0.15, 0.2) is 5.78 Å². The lowest BCUT2D eigenvalue weighted by atomic mass is 9.76. The van der Waals surface area contributed by atoms with Gasteiger partial charge in [0.25, 0.3) is 0 Å². The maximum atomic E-state index is 12.3. The van der Waals surface area contributed by atoms with Gasteiger partial charge in [-0.25, -0.2) is 0 Å². The minimum absolute atomic E-state index is 0.0410. The minimum atomic E-state index is 0.0410. The number of rotatable bonds is 2. The van der Waals surface area contributed by atoms with Gasteiger partial charge in [-0.15, -0.1) is 0 Å². The zero-order chi connectivity index (χ0) is 15.2. The zero-order valence-electron chi connectivity index (χ0n) is 13.2. The van der Waals surface area contributed by atoms with Crippen LogP contribution < -0.4 is 4.90 Å². The van der Waals surface area contributed by atoms with Gasteiger partial charge >= 0.3 is 0 Å². The molecule has 3 heteroatoms. The van der Waals surface area contributed by atoms with Gasteiger partial charge in [-0.2, -0.15) is 0 Å². The van der Waals surface area contributed by atoms with Gasteiger partial charge in [-0.3, -0.25) is 4.79 Å². The first-order valence-corrected chi connectivity index (χ1v) is 7.39. The number of carbonyl (C=O) groups is 1. The second-order valence-corrected chi connectivity index (χ2v) is 6.90. The number of benzene rings is 1. The summed E-state index contributed by atoms with van der Waals surface area (Å²) >= 11 is 0. The molecule has 0 fully saturated rings. The number of aromatic nitrogens is 1. The van der Waals surface area contributed by atoms with E-state index in [9.17, 15) is 4.79 Å². The fraction of sp³-hybridized carbons (Fsp3) is 0.389. The number of hydrogen-bond donors (Lipinski definition) is 0. The van der Waals surface area contributed by atoms with Crippen molar-refractivity contribution in [2.75, 3.05) is 19.0 Å². The van der Waals surface area contributed by atoms with Crippen LogP contribution in [0.1, 0.15) is 36.3 Å². The molecule has 110 valence electrons. The second-order valence-electron chi connectivity index (χ2n) is 6.90. The molecule has 2 aromatic rings. The first-order valence-electron chi connectivity index (χ1n) is 7.39. The largest absolute Gasteiger partial charge is 0.378 e. The molecule has 1 aromatic heterocycles. The van der Waals surface area contributed by atoms with Gasteiger partial charge in [-0.1, -0.05) is 19.9 Å². The van der Waals surface area contributed by atoms with Crippen LogP contribution >= 0.6 is 0 Å². The molecule has 0 bridgehead atoms. The molecule has 1 aliphatic rings. The summed E-state index contributed by atoms with van der Waals surface area (Å²) in [6, 6.07) is 10.4. The fourth-order valence-corrected chi connectivity index (χ4v) is 3.11. The average molecular weight is 282 g/mol. The molecule has 0 spiro atoms. The number of carbonyl (C=O) groups excluding carboxylic acids is 1. The van der Waals surface area contributed by atoms with Crippen molar-refractivity contribution in [2.45, 2.75) is 26.7 Å². The number of nitrogens with zero attached hydrogens (tertiary/aromatic N) is 2. The third kappa shape index (κ3) is 2.48. The molecule has 0 N–H and O–H groups in total. The van der Waals surface area contributed by atoms with Crippen molar-refractivity contribution in [1.82, 2.24) is 4.57 Å². The molecule has 3 rings (SSSR count). The molecular weight excluding hydrogens is 260 g/mol. The summed E-state index contributed by atoms with van der Waals surface area (Å²) in [5.74, 6) is 0.267. The van der Waals surface area contributed by atoms with Crippen LogP contribution in [0.4, 0.5) is 5.69 Å². The van der Waals surface area contributed by atoms with Crippen LogP contribution in [0.5, 0.6) is 0 Å². The number of hydrogen-bond acceptors (Lipinski definition) is 2. The van der Waals surface area contributed by atoms with Gasteiger partial charge in [0, 0.05) is 49.3 Å². The Morgan fingerprint density at radius 3 is 2.62 bits per heavy atom. The summed E-state index contributed by atoms with van der Waals surface area (Å²) < 4.78 is 2.17. The Labute approximate surface area is 126 Å². The molecule has 0 amide bonds. The summed E-state index contributed by atoms with van der Waals surface area (Å²) in [4.78, 5) is 14.4. The minimum Gasteiger partial charge on any atom is -0.378 e. The van der Waals surface area contributed by atoms with Crippen molar-refractivity contribution >= 4 is 11.5 Å². The van der Waals surface area contributed by atoms with E-state index in [1.165, 1.54) is 0 Å². The van der Waals surface area contributed by atoms with E-state index in [0.717, 1.165) is 29.1 Å². The van der Waals surface area contributed by atoms with Crippen LogP contribution in [-0.2, 0) is 6.42 Å². The van der Waals surface area contributed by atoms with E-state index in [0.29, 0.717) is 6.42 Å². The normalized spacial score (nSPS) is 16.7. The molecule has 0 unspecified atom stereocenters. The Morgan fingerprint density at radius 2 is 1.90 bits per heavy atom. The van der Waals surface area contributed by atoms with E-state index >= 15 is 0 Å². The van der Waals surface area contributed by atoms with Crippen molar-refractivity contribution in [3.8, 4) is 5.69 Å². The predicted molar refractivity (Wildman–Crippen MR) is 86.5 cm³/mol. The maximum Gasteiger partial charge on any atom is 0.165 e. The van der Waals surface area contributed by atoms with Crippen LogP contribution in [0.2, 0.25) is 0 Å². The van der Waals surface area contributed by atoms with Gasteiger partial charge in [0.1, 0.15) is 0 Å². The lowest BCUT2D eigenvalue weighted by molar-refractivity contribution is 0.0911. The molecule has 0 atom stereocenters. The number of anilines is 1. The average Bonchev–Trinajstić information content (AvgIpc) is 2.81. The molecule has 1 heterocycles. The van der Waals surface area contributed by atoms with Crippen LogP contribution in [0, 0.1) is 5.41 Å². The van der Waals surface area contributed by atoms with Crippen LogP contribution in [0.3, 0.4) is 0 Å². The predicted octanol–water partition coefficient (Wildman–Crippen LogP) is 3.70.